The molecule has 1 saturated heterocycles. The highest BCUT2D eigenvalue weighted by Crippen LogP contribution is 2.27. The summed E-state index contributed by atoms with van der Waals surface area (Å²) in [5, 5.41) is 3.34. The molecule has 1 N–H and O–H groups in total. The van der Waals surface area contributed by atoms with Crippen molar-refractivity contribution < 1.29 is 13.2 Å². The largest absolute Gasteiger partial charge is 0.356 e. The van der Waals surface area contributed by atoms with Crippen LogP contribution in [0.2, 0.25) is 0 Å². The van der Waals surface area contributed by atoms with Gasteiger partial charge in [0.25, 0.3) is 5.91 Å². The Morgan fingerprint density at radius 3 is 2.18 bits per heavy atom. The van der Waals surface area contributed by atoms with Crippen LogP contribution >= 0.6 is 0 Å². The topological polar surface area (TPSA) is 74.7 Å². The van der Waals surface area contributed by atoms with Gasteiger partial charge in [0, 0.05) is 49.4 Å². The van der Waals surface area contributed by atoms with Gasteiger partial charge >= 0.3 is 0 Å². The summed E-state index contributed by atoms with van der Waals surface area (Å²) in [5.74, 6) is -0.235. The lowest BCUT2D eigenvalue weighted by Gasteiger charge is -2.27. The number of amides is 1. The van der Waals surface area contributed by atoms with E-state index in [0.717, 1.165) is 36.3 Å². The van der Waals surface area contributed by atoms with E-state index in [1.54, 1.807) is 22.7 Å². The lowest BCUT2D eigenvalue weighted by atomic mass is 10.2. The molecule has 34 heavy (non-hydrogen) atoms. The molecule has 0 bridgehead atoms. The van der Waals surface area contributed by atoms with Crippen molar-refractivity contribution in [2.75, 3.05) is 23.3 Å². The number of benzene rings is 2. The van der Waals surface area contributed by atoms with Crippen LogP contribution in [0, 0.1) is 0 Å². The number of anilines is 3. The second-order valence-electron chi connectivity index (χ2n) is 8.94. The maximum atomic E-state index is 13.6. The Hall–Kier alpha value is -3.10. The number of rotatable bonds is 7. The first-order valence-electron chi connectivity index (χ1n) is 11.7. The summed E-state index contributed by atoms with van der Waals surface area (Å²) in [6.07, 6.45) is 4.33. The van der Waals surface area contributed by atoms with Gasteiger partial charge in [-0.3, -0.25) is 4.79 Å². The third-order valence-corrected chi connectivity index (χ3v) is 7.96. The summed E-state index contributed by atoms with van der Waals surface area (Å²) in [6.45, 7) is 4.95. The zero-order valence-electron chi connectivity index (χ0n) is 19.9. The predicted molar refractivity (Wildman–Crippen MR) is 136 cm³/mol. The minimum atomic E-state index is -3.61. The summed E-state index contributed by atoms with van der Waals surface area (Å²) < 4.78 is 29.4. The molecule has 0 atom stereocenters. The van der Waals surface area contributed by atoms with Crippen LogP contribution in [0.3, 0.4) is 0 Å². The minimum absolute atomic E-state index is 0.113. The Labute approximate surface area is 202 Å². The van der Waals surface area contributed by atoms with Crippen molar-refractivity contribution in [1.29, 1.82) is 0 Å². The molecule has 1 aliphatic heterocycles. The molecule has 0 spiro atoms. The standard InChI is InChI=1S/C26H32N4O3S/c1-20(2)30(23-14-12-22(13-15-23)27-21-10-6-4-7-11-21)26(31)25-18-24(19-28(25)3)34(32,33)29-16-8-5-9-17-29/h4,6-7,10-15,18-20,27H,5,8-9,16-17H2,1-3H3. The molecule has 2 aromatic carbocycles. The number of piperidine rings is 1. The van der Waals surface area contributed by atoms with Crippen LogP contribution in [0.5, 0.6) is 0 Å². The summed E-state index contributed by atoms with van der Waals surface area (Å²) >= 11 is 0. The van der Waals surface area contributed by atoms with Crippen LogP contribution in [0.15, 0.2) is 71.8 Å². The van der Waals surface area contributed by atoms with Gasteiger partial charge in [0.05, 0.1) is 0 Å². The molecule has 180 valence electrons. The van der Waals surface area contributed by atoms with Crippen molar-refractivity contribution in [1.82, 2.24) is 8.87 Å². The summed E-state index contributed by atoms with van der Waals surface area (Å²) in [4.78, 5) is 15.4. The number of carbonyl (C=O) groups is 1. The molecular weight excluding hydrogens is 448 g/mol. The fraction of sp³-hybridized carbons (Fsp3) is 0.346. The lowest BCUT2D eigenvalue weighted by Crippen LogP contribution is -2.38. The highest BCUT2D eigenvalue weighted by atomic mass is 32.2. The van der Waals surface area contributed by atoms with Crippen LogP contribution < -0.4 is 10.2 Å². The number of carbonyl (C=O) groups excluding carboxylic acids is 1. The van der Waals surface area contributed by atoms with Gasteiger partial charge in [-0.25, -0.2) is 8.42 Å². The zero-order valence-corrected chi connectivity index (χ0v) is 20.8. The number of para-hydroxylation sites is 1. The van der Waals surface area contributed by atoms with Crippen molar-refractivity contribution in [3.8, 4) is 0 Å². The first kappa shape index (κ1) is 24.0. The summed E-state index contributed by atoms with van der Waals surface area (Å²) in [5.41, 5.74) is 2.99. The van der Waals surface area contributed by atoms with Gasteiger partial charge in [0.1, 0.15) is 10.6 Å². The van der Waals surface area contributed by atoms with Crippen LogP contribution in [-0.2, 0) is 17.1 Å². The molecule has 1 aromatic heterocycles. The van der Waals surface area contributed by atoms with E-state index in [9.17, 15) is 13.2 Å². The quantitative estimate of drug-likeness (QED) is 0.517. The number of aryl methyl sites for hydroxylation is 1. The SMILES string of the molecule is CC(C)N(C(=O)c1cc(S(=O)(=O)N2CCCCC2)cn1C)c1ccc(Nc2ccccc2)cc1. The second kappa shape index (κ2) is 10.0. The van der Waals surface area contributed by atoms with Crippen molar-refractivity contribution in [3.63, 3.8) is 0 Å². The average Bonchev–Trinajstić information content (AvgIpc) is 3.24. The van der Waals surface area contributed by atoms with Gasteiger partial charge in [-0.05, 0) is 69.2 Å². The van der Waals surface area contributed by atoms with Crippen molar-refractivity contribution in [3.05, 3.63) is 72.6 Å². The molecule has 1 fully saturated rings. The first-order chi connectivity index (χ1) is 16.3. The number of hydrogen-bond donors (Lipinski definition) is 1. The fourth-order valence-electron chi connectivity index (χ4n) is 4.31. The monoisotopic (exact) mass is 480 g/mol. The third kappa shape index (κ3) is 5.03. The van der Waals surface area contributed by atoms with E-state index in [0.29, 0.717) is 18.8 Å². The average molecular weight is 481 g/mol. The Morgan fingerprint density at radius 2 is 1.56 bits per heavy atom. The fourth-order valence-corrected chi connectivity index (χ4v) is 5.90. The van der Waals surface area contributed by atoms with E-state index in [-0.39, 0.29) is 16.8 Å². The van der Waals surface area contributed by atoms with E-state index in [1.165, 1.54) is 10.4 Å². The van der Waals surface area contributed by atoms with Crippen molar-refractivity contribution >= 4 is 33.0 Å². The Morgan fingerprint density at radius 1 is 0.941 bits per heavy atom. The Bertz CT molecular complexity index is 1230. The Balaban J connectivity index is 1.58. The molecule has 0 saturated carbocycles. The number of hydrogen-bond acceptors (Lipinski definition) is 4. The maximum Gasteiger partial charge on any atom is 0.275 e. The molecule has 0 aliphatic carbocycles. The number of nitrogens with zero attached hydrogens (tertiary/aromatic N) is 3. The minimum Gasteiger partial charge on any atom is -0.356 e. The highest BCUT2D eigenvalue weighted by Gasteiger charge is 2.30. The molecular formula is C26H32N4O3S. The van der Waals surface area contributed by atoms with E-state index in [4.69, 9.17) is 0 Å². The predicted octanol–water partition coefficient (Wildman–Crippen LogP) is 5.00. The van der Waals surface area contributed by atoms with Gasteiger partial charge in [0.2, 0.25) is 10.0 Å². The molecule has 0 radical (unpaired) electrons. The molecule has 2 heterocycles. The van der Waals surface area contributed by atoms with Gasteiger partial charge < -0.3 is 14.8 Å². The van der Waals surface area contributed by atoms with E-state index < -0.39 is 10.0 Å². The van der Waals surface area contributed by atoms with Crippen LogP contribution in [0.4, 0.5) is 17.1 Å². The van der Waals surface area contributed by atoms with Gasteiger partial charge in [-0.1, -0.05) is 24.6 Å². The summed E-state index contributed by atoms with van der Waals surface area (Å²) in [6, 6.07) is 18.9. The van der Waals surface area contributed by atoms with Crippen molar-refractivity contribution in [2.24, 2.45) is 7.05 Å². The Kier molecular flexibility index (Phi) is 7.09. The maximum absolute atomic E-state index is 13.6. The van der Waals surface area contributed by atoms with E-state index >= 15 is 0 Å². The molecule has 0 unspecified atom stereocenters. The molecule has 4 rings (SSSR count). The second-order valence-corrected chi connectivity index (χ2v) is 10.9. The highest BCUT2D eigenvalue weighted by molar-refractivity contribution is 7.89. The van der Waals surface area contributed by atoms with E-state index in [1.807, 2.05) is 68.4 Å². The lowest BCUT2D eigenvalue weighted by molar-refractivity contribution is 0.0972. The van der Waals surface area contributed by atoms with Crippen LogP contribution in [0.1, 0.15) is 43.6 Å². The van der Waals surface area contributed by atoms with Crippen LogP contribution in [-0.4, -0.2) is 42.3 Å². The number of aromatic nitrogens is 1. The van der Waals surface area contributed by atoms with Gasteiger partial charge in [0.15, 0.2) is 0 Å². The normalized spacial score (nSPS) is 14.8. The summed E-state index contributed by atoms with van der Waals surface area (Å²) in [7, 11) is -1.89. The third-order valence-electron chi connectivity index (χ3n) is 6.09. The zero-order chi connectivity index (χ0) is 24.3. The first-order valence-corrected chi connectivity index (χ1v) is 13.1. The van der Waals surface area contributed by atoms with Crippen molar-refractivity contribution in [2.45, 2.75) is 44.0 Å². The molecule has 8 heteroatoms. The molecule has 1 aliphatic rings. The molecule has 3 aromatic rings. The smallest absolute Gasteiger partial charge is 0.275 e. The molecule has 7 nitrogen and oxygen atoms in total. The van der Waals surface area contributed by atoms with Gasteiger partial charge in [-0.2, -0.15) is 4.31 Å². The molecule has 1 amide bonds. The van der Waals surface area contributed by atoms with Crippen LogP contribution in [0.25, 0.3) is 0 Å². The number of sulfonamides is 1. The number of nitrogens with one attached hydrogen (secondary N) is 1. The van der Waals surface area contributed by atoms with E-state index in [2.05, 4.69) is 5.32 Å². The van der Waals surface area contributed by atoms with Gasteiger partial charge in [-0.15, -0.1) is 0 Å².